The average Bonchev–Trinajstić information content (AvgIpc) is 2.73. The van der Waals surface area contributed by atoms with Crippen LogP contribution in [0, 0.1) is 25.5 Å². The summed E-state index contributed by atoms with van der Waals surface area (Å²) in [6.45, 7) is 6.88. The maximum atomic E-state index is 13.8. The molecular formula is C16H19F2NS. The molecule has 4 heteroatoms. The Kier molecular flexibility index (Phi) is 4.89. The van der Waals surface area contributed by atoms with Crippen molar-refractivity contribution >= 4 is 11.3 Å². The molecule has 0 aliphatic carbocycles. The summed E-state index contributed by atoms with van der Waals surface area (Å²) in [5.74, 6) is -0.948. The lowest BCUT2D eigenvalue weighted by molar-refractivity contribution is 0.503. The highest BCUT2D eigenvalue weighted by Gasteiger charge is 2.18. The molecule has 1 heterocycles. The van der Waals surface area contributed by atoms with Crippen LogP contribution >= 0.6 is 11.3 Å². The van der Waals surface area contributed by atoms with E-state index in [1.165, 1.54) is 28.6 Å². The number of hydrogen-bond donors (Lipinski definition) is 1. The summed E-state index contributed by atoms with van der Waals surface area (Å²) in [5.41, 5.74) is 1.38. The second-order valence-electron chi connectivity index (χ2n) is 4.90. The maximum absolute atomic E-state index is 13.8. The van der Waals surface area contributed by atoms with Gasteiger partial charge in [-0.25, -0.2) is 8.78 Å². The molecule has 108 valence electrons. The molecule has 0 amide bonds. The quantitative estimate of drug-likeness (QED) is 0.854. The fourth-order valence-electron chi connectivity index (χ4n) is 2.22. The third-order valence-electron chi connectivity index (χ3n) is 3.45. The topological polar surface area (TPSA) is 12.0 Å². The standard InChI is InChI=1S/C16H19F2NS/c1-4-19-15(16-8-10(2)11(3)20-16)9-12-13(17)6-5-7-14(12)18/h5-8,15,19H,4,9H2,1-3H3. The van der Waals surface area contributed by atoms with Crippen molar-refractivity contribution in [1.82, 2.24) is 5.32 Å². The van der Waals surface area contributed by atoms with Gasteiger partial charge in [0.05, 0.1) is 0 Å². The van der Waals surface area contributed by atoms with Crippen molar-refractivity contribution in [2.45, 2.75) is 33.2 Å². The molecule has 0 saturated heterocycles. The van der Waals surface area contributed by atoms with Crippen molar-refractivity contribution < 1.29 is 8.78 Å². The van der Waals surface area contributed by atoms with Crippen molar-refractivity contribution in [2.24, 2.45) is 0 Å². The first kappa shape index (κ1) is 15.1. The van der Waals surface area contributed by atoms with E-state index >= 15 is 0 Å². The van der Waals surface area contributed by atoms with E-state index in [1.54, 1.807) is 11.3 Å². The first-order valence-corrected chi connectivity index (χ1v) is 7.57. The van der Waals surface area contributed by atoms with Crippen molar-refractivity contribution in [3.63, 3.8) is 0 Å². The van der Waals surface area contributed by atoms with E-state index in [1.807, 2.05) is 6.92 Å². The fourth-order valence-corrected chi connectivity index (χ4v) is 3.34. The third kappa shape index (κ3) is 3.25. The minimum absolute atomic E-state index is 0.0520. The lowest BCUT2D eigenvalue weighted by Crippen LogP contribution is -2.23. The molecular weight excluding hydrogens is 276 g/mol. The molecule has 2 aromatic rings. The highest BCUT2D eigenvalue weighted by molar-refractivity contribution is 7.12. The number of likely N-dealkylation sites (N-methyl/N-ethyl adjacent to an activating group) is 1. The van der Waals surface area contributed by atoms with Gasteiger partial charge in [0.2, 0.25) is 0 Å². The van der Waals surface area contributed by atoms with Crippen molar-refractivity contribution in [2.75, 3.05) is 6.54 Å². The van der Waals surface area contributed by atoms with Crippen LogP contribution < -0.4 is 5.32 Å². The molecule has 0 fully saturated rings. The van der Waals surface area contributed by atoms with Crippen molar-refractivity contribution in [3.8, 4) is 0 Å². The first-order chi connectivity index (χ1) is 9.52. The summed E-state index contributed by atoms with van der Waals surface area (Å²) < 4.78 is 27.6. The molecule has 0 saturated carbocycles. The summed E-state index contributed by atoms with van der Waals surface area (Å²) in [4.78, 5) is 2.38. The Labute approximate surface area is 122 Å². The summed E-state index contributed by atoms with van der Waals surface area (Å²) in [6, 6.07) is 6.07. The Balaban J connectivity index is 2.30. The van der Waals surface area contributed by atoms with Crippen LogP contribution in [0.25, 0.3) is 0 Å². The van der Waals surface area contributed by atoms with Gasteiger partial charge in [0.15, 0.2) is 0 Å². The lowest BCUT2D eigenvalue weighted by Gasteiger charge is -2.17. The number of hydrogen-bond acceptors (Lipinski definition) is 2. The van der Waals surface area contributed by atoms with Crippen LogP contribution in [-0.4, -0.2) is 6.54 Å². The summed E-state index contributed by atoms with van der Waals surface area (Å²) in [7, 11) is 0. The van der Waals surface area contributed by atoms with Gasteiger partial charge in [-0.15, -0.1) is 11.3 Å². The average molecular weight is 295 g/mol. The molecule has 0 bridgehead atoms. The SMILES string of the molecule is CCNC(Cc1c(F)cccc1F)c1cc(C)c(C)s1. The van der Waals surface area contributed by atoms with E-state index in [2.05, 4.69) is 25.2 Å². The zero-order valence-corrected chi connectivity index (χ0v) is 12.8. The highest BCUT2D eigenvalue weighted by Crippen LogP contribution is 2.29. The van der Waals surface area contributed by atoms with Gasteiger partial charge < -0.3 is 5.32 Å². The Morgan fingerprint density at radius 2 is 1.85 bits per heavy atom. The largest absolute Gasteiger partial charge is 0.309 e. The molecule has 20 heavy (non-hydrogen) atoms. The Hall–Kier alpha value is -1.26. The van der Waals surface area contributed by atoms with Gasteiger partial charge >= 0.3 is 0 Å². The van der Waals surface area contributed by atoms with Gasteiger partial charge in [-0.2, -0.15) is 0 Å². The van der Waals surface area contributed by atoms with Crippen LogP contribution in [0.3, 0.4) is 0 Å². The zero-order valence-electron chi connectivity index (χ0n) is 12.0. The van der Waals surface area contributed by atoms with Gasteiger partial charge in [-0.3, -0.25) is 0 Å². The first-order valence-electron chi connectivity index (χ1n) is 6.76. The summed E-state index contributed by atoms with van der Waals surface area (Å²) in [6.07, 6.45) is 0.325. The molecule has 1 unspecified atom stereocenters. The van der Waals surface area contributed by atoms with Crippen LogP contribution in [0.15, 0.2) is 24.3 Å². The van der Waals surface area contributed by atoms with Crippen molar-refractivity contribution in [3.05, 3.63) is 56.8 Å². The Morgan fingerprint density at radius 1 is 1.20 bits per heavy atom. The minimum atomic E-state index is -0.474. The molecule has 0 spiro atoms. The monoisotopic (exact) mass is 295 g/mol. The zero-order chi connectivity index (χ0) is 14.7. The molecule has 1 aromatic carbocycles. The van der Waals surface area contributed by atoms with Gasteiger partial charge in [0.1, 0.15) is 11.6 Å². The lowest BCUT2D eigenvalue weighted by atomic mass is 10.0. The van der Waals surface area contributed by atoms with E-state index < -0.39 is 11.6 Å². The van der Waals surface area contributed by atoms with Crippen LogP contribution in [0.1, 0.15) is 33.8 Å². The number of thiophene rings is 1. The summed E-state index contributed by atoms with van der Waals surface area (Å²) in [5, 5.41) is 3.32. The minimum Gasteiger partial charge on any atom is -0.309 e. The third-order valence-corrected chi connectivity index (χ3v) is 4.72. The molecule has 1 atom stereocenters. The van der Waals surface area contributed by atoms with Crippen LogP contribution in [-0.2, 0) is 6.42 Å². The second-order valence-corrected chi connectivity index (χ2v) is 6.19. The van der Waals surface area contributed by atoms with Crippen molar-refractivity contribution in [1.29, 1.82) is 0 Å². The van der Waals surface area contributed by atoms with E-state index in [-0.39, 0.29) is 11.6 Å². The number of rotatable bonds is 5. The van der Waals surface area contributed by atoms with Crippen LogP contribution in [0.2, 0.25) is 0 Å². The van der Waals surface area contributed by atoms with E-state index in [0.717, 1.165) is 11.4 Å². The molecule has 0 aliphatic rings. The van der Waals surface area contributed by atoms with Gasteiger partial charge in [-0.1, -0.05) is 13.0 Å². The van der Waals surface area contributed by atoms with Gasteiger partial charge in [-0.05, 0) is 50.6 Å². The molecule has 0 radical (unpaired) electrons. The molecule has 1 N–H and O–H groups in total. The Morgan fingerprint density at radius 3 is 2.35 bits per heavy atom. The van der Waals surface area contributed by atoms with E-state index in [9.17, 15) is 8.78 Å². The molecule has 1 nitrogen and oxygen atoms in total. The Bertz CT molecular complexity index is 552. The van der Waals surface area contributed by atoms with Crippen LogP contribution in [0.4, 0.5) is 8.78 Å². The van der Waals surface area contributed by atoms with Gasteiger partial charge in [0, 0.05) is 21.4 Å². The smallest absolute Gasteiger partial charge is 0.129 e. The number of aryl methyl sites for hydroxylation is 2. The predicted octanol–water partition coefficient (Wildman–Crippen LogP) is 4.54. The van der Waals surface area contributed by atoms with E-state index in [4.69, 9.17) is 0 Å². The van der Waals surface area contributed by atoms with E-state index in [0.29, 0.717) is 6.42 Å². The molecule has 2 rings (SSSR count). The van der Waals surface area contributed by atoms with Crippen LogP contribution in [0.5, 0.6) is 0 Å². The molecule has 0 aliphatic heterocycles. The second kappa shape index (κ2) is 6.46. The number of nitrogens with one attached hydrogen (secondary N) is 1. The number of halogens is 2. The fraction of sp³-hybridized carbons (Fsp3) is 0.375. The maximum Gasteiger partial charge on any atom is 0.129 e. The number of benzene rings is 1. The molecule has 1 aromatic heterocycles. The predicted molar refractivity (Wildman–Crippen MR) is 80.3 cm³/mol. The normalized spacial score (nSPS) is 12.7. The highest BCUT2D eigenvalue weighted by atomic mass is 32.1. The summed E-state index contributed by atoms with van der Waals surface area (Å²) >= 11 is 1.69. The van der Waals surface area contributed by atoms with Gasteiger partial charge in [0.25, 0.3) is 0 Å².